The molecule has 408 valence electrons. The second-order valence-electron chi connectivity index (χ2n) is 17.8. The largest absolute Gasteiger partial charge is 0.463 e. The molecule has 0 saturated carbocycles. The molecule has 0 bridgehead atoms. The zero-order valence-electron chi connectivity index (χ0n) is 40.9. The minimum Gasteiger partial charge on any atom is -0.463 e. The number of ether oxygens (including phenoxy) is 11. The first-order valence-electron chi connectivity index (χ1n) is 22.9. The first kappa shape index (κ1) is 62.4. The van der Waals surface area contributed by atoms with E-state index in [4.69, 9.17) is 52.1 Å². The van der Waals surface area contributed by atoms with E-state index in [1.54, 1.807) is 0 Å². The molecule has 2 aliphatic rings. The summed E-state index contributed by atoms with van der Waals surface area (Å²) in [6, 6.07) is 0. The summed E-state index contributed by atoms with van der Waals surface area (Å²) >= 11 is 0. The first-order valence-corrected chi connectivity index (χ1v) is 22.9. The van der Waals surface area contributed by atoms with Crippen LogP contribution in [0.25, 0.3) is 0 Å². The molecule has 2 rings (SSSR count). The molecule has 8 N–H and O–H groups in total. The molecule has 0 aromatic rings. The Morgan fingerprint density at radius 1 is 0.408 bits per heavy atom. The Morgan fingerprint density at radius 2 is 0.746 bits per heavy atom. The molecular formula is C44H70O27. The van der Waals surface area contributed by atoms with Gasteiger partial charge >= 0.3 is 47.8 Å². The third-order valence-corrected chi connectivity index (χ3v) is 9.63. The zero-order valence-corrected chi connectivity index (χ0v) is 40.9. The molecule has 27 heteroatoms. The summed E-state index contributed by atoms with van der Waals surface area (Å²) in [5, 5.41) is 80.3. The van der Waals surface area contributed by atoms with E-state index in [0.29, 0.717) is 0 Å². The fourth-order valence-electron chi connectivity index (χ4n) is 6.85. The Morgan fingerprint density at radius 3 is 1.17 bits per heavy atom. The highest BCUT2D eigenvalue weighted by Crippen LogP contribution is 2.41. The smallest absolute Gasteiger partial charge is 0.311 e. The average Bonchev–Trinajstić information content (AvgIpc) is 3.45. The number of esters is 8. The highest BCUT2D eigenvalue weighted by atomic mass is 16.8. The summed E-state index contributed by atoms with van der Waals surface area (Å²) in [7, 11) is 0. The van der Waals surface area contributed by atoms with Crippen LogP contribution in [-0.4, -0.2) is 212 Å². The number of carbonyl (C=O) groups excluding carboxylic acids is 8. The fourth-order valence-corrected chi connectivity index (χ4v) is 6.85. The van der Waals surface area contributed by atoms with Gasteiger partial charge < -0.3 is 93.0 Å². The van der Waals surface area contributed by atoms with Gasteiger partial charge in [-0.2, -0.15) is 0 Å². The second-order valence-corrected chi connectivity index (χ2v) is 17.8. The van der Waals surface area contributed by atoms with Crippen LogP contribution in [0.3, 0.4) is 0 Å². The Labute approximate surface area is 408 Å². The van der Waals surface area contributed by atoms with Gasteiger partial charge in [0.15, 0.2) is 37.3 Å². The molecule has 8 unspecified atom stereocenters. The van der Waals surface area contributed by atoms with E-state index in [1.807, 2.05) is 0 Å². The van der Waals surface area contributed by atoms with Gasteiger partial charge in [0.05, 0.1) is 100 Å². The highest BCUT2D eigenvalue weighted by Gasteiger charge is 2.65. The van der Waals surface area contributed by atoms with Crippen molar-refractivity contribution in [2.45, 2.75) is 210 Å². The Hall–Kier alpha value is -4.68. The summed E-state index contributed by atoms with van der Waals surface area (Å²) in [4.78, 5) is 106. The van der Waals surface area contributed by atoms with Gasteiger partial charge in [-0.25, -0.2) is 0 Å². The molecule has 71 heavy (non-hydrogen) atoms. The second kappa shape index (κ2) is 29.7. The lowest BCUT2D eigenvalue weighted by atomic mass is 9.97. The molecule has 0 aromatic carbocycles. The third kappa shape index (κ3) is 22.7. The van der Waals surface area contributed by atoms with Crippen molar-refractivity contribution in [3.8, 4) is 0 Å². The van der Waals surface area contributed by atoms with E-state index in [-0.39, 0.29) is 0 Å². The standard InChI is InChI=1S/C44H70O27/c1-20(45)9-30(53)61-17-28-38(65-33(56)12-23(4)48)40(66-34(57)13-24(5)49)41(67-35(58)14-25(6)50)43(64-28)69-39-29(18-62-31(54)10-21(2)46)70-44(71-37(60)16-27(8)52,19-63-32(55)11-22(3)47)42(39)68-36(59)15-26(7)51/h20-29,38-43,45-52H,9-19H2,1-8H3/t20?,21?,22?,23?,24?,25?,26?,27?,28-,29-,38+,39-,40+,41-,42+,43+,44+/m1/s1. The number of rotatable bonds is 29. The van der Waals surface area contributed by atoms with E-state index in [9.17, 15) is 79.2 Å². The molecule has 0 radical (unpaired) electrons. The molecule has 2 fully saturated rings. The van der Waals surface area contributed by atoms with Crippen LogP contribution >= 0.6 is 0 Å². The summed E-state index contributed by atoms with van der Waals surface area (Å²) in [6.07, 6.45) is -33.0. The maximum atomic E-state index is 13.6. The molecule has 0 amide bonds. The van der Waals surface area contributed by atoms with Crippen molar-refractivity contribution < 1.29 is 131 Å². The molecule has 2 aliphatic heterocycles. The SMILES string of the molecule is CC(O)CC(=O)OC[C@H]1O[C@@H](O[C@@H]2[C@@H](COC(=O)CC(C)O)O[C@@](COC(=O)CC(C)O)(OC(=O)CC(C)O)[C@H]2OC(=O)CC(C)O)[C@H](OC(=O)CC(C)O)[C@@H](OC(=O)CC(C)O)[C@H]1OC(=O)CC(C)O. The summed E-state index contributed by atoms with van der Waals surface area (Å²) in [5.74, 6) is -12.4. The molecule has 2 heterocycles. The van der Waals surface area contributed by atoms with Gasteiger partial charge in [0.2, 0.25) is 0 Å². The highest BCUT2D eigenvalue weighted by molar-refractivity contribution is 5.74. The predicted molar refractivity (Wildman–Crippen MR) is 230 cm³/mol. The van der Waals surface area contributed by atoms with Crippen LogP contribution < -0.4 is 0 Å². The van der Waals surface area contributed by atoms with Crippen LogP contribution in [0.1, 0.15) is 107 Å². The fraction of sp³-hybridized carbons (Fsp3) is 0.818. The molecule has 0 aliphatic carbocycles. The normalized spacial score (nSPS) is 27.5. The van der Waals surface area contributed by atoms with Gasteiger partial charge in [0.1, 0.15) is 31.5 Å². The van der Waals surface area contributed by atoms with Crippen molar-refractivity contribution in [1.82, 2.24) is 0 Å². The van der Waals surface area contributed by atoms with Gasteiger partial charge in [-0.1, -0.05) is 0 Å². The molecular weight excluding hydrogens is 960 g/mol. The van der Waals surface area contributed by atoms with Crippen LogP contribution in [0.2, 0.25) is 0 Å². The van der Waals surface area contributed by atoms with Crippen LogP contribution in [-0.2, 0) is 90.5 Å². The topological polar surface area (TPSA) is 400 Å². The van der Waals surface area contributed by atoms with Gasteiger partial charge in [-0.3, -0.25) is 38.4 Å². The van der Waals surface area contributed by atoms with Gasteiger partial charge in [0, 0.05) is 0 Å². The Balaban J connectivity index is 3.10. The van der Waals surface area contributed by atoms with Crippen molar-refractivity contribution in [2.24, 2.45) is 0 Å². The number of carbonyl (C=O) groups is 8. The quantitative estimate of drug-likeness (QED) is 0.0277. The van der Waals surface area contributed by atoms with Crippen LogP contribution in [0.4, 0.5) is 0 Å². The van der Waals surface area contributed by atoms with Crippen molar-refractivity contribution in [1.29, 1.82) is 0 Å². The van der Waals surface area contributed by atoms with E-state index in [0.717, 1.165) is 0 Å². The van der Waals surface area contributed by atoms with E-state index in [2.05, 4.69) is 0 Å². The van der Waals surface area contributed by atoms with Crippen LogP contribution in [0.15, 0.2) is 0 Å². The summed E-state index contributed by atoms with van der Waals surface area (Å²) < 4.78 is 63.4. The van der Waals surface area contributed by atoms with Gasteiger partial charge in [-0.05, 0) is 55.4 Å². The number of hydrogen-bond donors (Lipinski definition) is 8. The maximum Gasteiger partial charge on any atom is 0.311 e. The lowest BCUT2D eigenvalue weighted by Gasteiger charge is -2.45. The van der Waals surface area contributed by atoms with Crippen molar-refractivity contribution in [2.75, 3.05) is 19.8 Å². The van der Waals surface area contributed by atoms with Crippen molar-refractivity contribution in [3.63, 3.8) is 0 Å². The van der Waals surface area contributed by atoms with Gasteiger partial charge in [-0.15, -0.1) is 0 Å². The molecule has 2 saturated heterocycles. The maximum absolute atomic E-state index is 13.6. The van der Waals surface area contributed by atoms with E-state index < -0.39 is 223 Å². The van der Waals surface area contributed by atoms with Crippen LogP contribution in [0.5, 0.6) is 0 Å². The van der Waals surface area contributed by atoms with E-state index >= 15 is 0 Å². The summed E-state index contributed by atoms with van der Waals surface area (Å²) in [5.41, 5.74) is 0. The lowest BCUT2D eigenvalue weighted by molar-refractivity contribution is -0.325. The first-order chi connectivity index (χ1) is 33.0. The predicted octanol–water partition coefficient (Wildman–Crippen LogP) is -2.82. The average molecular weight is 1030 g/mol. The third-order valence-electron chi connectivity index (χ3n) is 9.63. The zero-order chi connectivity index (χ0) is 53.9. The number of hydrogen-bond acceptors (Lipinski definition) is 27. The lowest BCUT2D eigenvalue weighted by Crippen LogP contribution is -2.64. The number of aliphatic hydroxyl groups excluding tert-OH is 8. The Kier molecular flexibility index (Phi) is 26.2. The van der Waals surface area contributed by atoms with E-state index in [1.165, 1.54) is 55.4 Å². The van der Waals surface area contributed by atoms with Crippen molar-refractivity contribution in [3.05, 3.63) is 0 Å². The minimum absolute atomic E-state index is 0.586. The molecule has 27 nitrogen and oxygen atoms in total. The number of aliphatic hydroxyl groups is 8. The molecule has 0 spiro atoms. The minimum atomic E-state index is -2.88. The van der Waals surface area contributed by atoms with Crippen LogP contribution in [0, 0.1) is 0 Å². The Bertz CT molecular complexity index is 1740. The van der Waals surface area contributed by atoms with Gasteiger partial charge in [0.25, 0.3) is 5.79 Å². The molecule has 0 aromatic heterocycles. The summed E-state index contributed by atoms with van der Waals surface area (Å²) in [6.45, 7) is 6.64. The monoisotopic (exact) mass is 1030 g/mol. The molecule has 17 atom stereocenters. The van der Waals surface area contributed by atoms with Crippen molar-refractivity contribution >= 4 is 47.8 Å².